The van der Waals surface area contributed by atoms with Crippen molar-refractivity contribution in [2.75, 3.05) is 0 Å². The van der Waals surface area contributed by atoms with Crippen molar-refractivity contribution in [3.05, 3.63) is 68.6 Å². The highest BCUT2D eigenvalue weighted by Crippen LogP contribution is 2.30. The van der Waals surface area contributed by atoms with Gasteiger partial charge in [-0.05, 0) is 36.8 Å². The van der Waals surface area contributed by atoms with Gasteiger partial charge in [0.05, 0.1) is 27.7 Å². The molecule has 0 bridgehead atoms. The molecule has 0 radical (unpaired) electrons. The first-order valence-electron chi connectivity index (χ1n) is 7.54. The Hall–Kier alpha value is -2.74. The zero-order valence-electron chi connectivity index (χ0n) is 13.4. The Bertz CT molecular complexity index is 1020. The summed E-state index contributed by atoms with van der Waals surface area (Å²) in [6.45, 7) is 1.65. The Morgan fingerprint density at radius 2 is 1.81 bits per heavy atom. The second-order valence-corrected chi connectivity index (χ2v) is 6.18. The van der Waals surface area contributed by atoms with Crippen LogP contribution in [0.5, 0.6) is 0 Å². The van der Waals surface area contributed by atoms with E-state index in [9.17, 15) is 22.8 Å². The molecule has 136 valence electrons. The van der Waals surface area contributed by atoms with E-state index in [1.165, 1.54) is 24.3 Å². The molecule has 0 aliphatic heterocycles. The number of carbonyl (C=O) groups is 1. The standard InChI is InChI=1S/C17H13ClF3N3O2/c1-8(9-2-4-11(5-3-9)17(19,20)21)22-15(25)10-6-12(18)14-13(7-10)23-16(26)24-14/h2-8H,1H3,(H,22,25)(H2,23,24,26)/t8-/m0/s1. The molecular formula is C17H13ClF3N3O2. The molecule has 9 heteroatoms. The predicted molar refractivity (Wildman–Crippen MR) is 91.3 cm³/mol. The lowest BCUT2D eigenvalue weighted by Crippen LogP contribution is -2.26. The SMILES string of the molecule is C[C@H](NC(=O)c1cc(Cl)c2[nH]c(=O)[nH]c2c1)c1ccc(C(F)(F)F)cc1. The first-order valence-corrected chi connectivity index (χ1v) is 7.92. The lowest BCUT2D eigenvalue weighted by atomic mass is 10.1. The third-order valence-electron chi connectivity index (χ3n) is 3.92. The summed E-state index contributed by atoms with van der Waals surface area (Å²) >= 11 is 6.06. The third-order valence-corrected chi connectivity index (χ3v) is 4.22. The smallest absolute Gasteiger partial charge is 0.346 e. The number of aromatic amines is 2. The van der Waals surface area contributed by atoms with E-state index in [-0.39, 0.29) is 10.6 Å². The Morgan fingerprint density at radius 3 is 2.42 bits per heavy atom. The normalized spacial score (nSPS) is 13.0. The largest absolute Gasteiger partial charge is 0.416 e. The van der Waals surface area contributed by atoms with Crippen molar-refractivity contribution in [2.45, 2.75) is 19.1 Å². The van der Waals surface area contributed by atoms with Crippen LogP contribution in [0.25, 0.3) is 11.0 Å². The monoisotopic (exact) mass is 383 g/mol. The van der Waals surface area contributed by atoms with E-state index in [2.05, 4.69) is 15.3 Å². The number of hydrogen-bond acceptors (Lipinski definition) is 2. The number of aromatic nitrogens is 2. The van der Waals surface area contributed by atoms with Gasteiger partial charge in [0.25, 0.3) is 5.91 Å². The van der Waals surface area contributed by atoms with E-state index in [1.54, 1.807) is 6.92 Å². The van der Waals surface area contributed by atoms with Gasteiger partial charge in [-0.3, -0.25) is 4.79 Å². The van der Waals surface area contributed by atoms with Gasteiger partial charge >= 0.3 is 11.9 Å². The van der Waals surface area contributed by atoms with Crippen LogP contribution in [0.4, 0.5) is 13.2 Å². The summed E-state index contributed by atoms with van der Waals surface area (Å²) in [4.78, 5) is 28.8. The van der Waals surface area contributed by atoms with Crippen molar-refractivity contribution in [1.29, 1.82) is 0 Å². The minimum atomic E-state index is -4.41. The van der Waals surface area contributed by atoms with Gasteiger partial charge < -0.3 is 15.3 Å². The molecular weight excluding hydrogens is 371 g/mol. The molecule has 0 saturated carbocycles. The second-order valence-electron chi connectivity index (χ2n) is 5.77. The first kappa shape index (κ1) is 18.1. The van der Waals surface area contributed by atoms with Crippen LogP contribution in [-0.2, 0) is 6.18 Å². The number of hydrogen-bond donors (Lipinski definition) is 3. The van der Waals surface area contributed by atoms with Crippen LogP contribution in [-0.4, -0.2) is 15.9 Å². The molecule has 1 atom stereocenters. The number of carbonyl (C=O) groups excluding carboxylic acids is 1. The van der Waals surface area contributed by atoms with E-state index in [4.69, 9.17) is 11.6 Å². The molecule has 3 aromatic rings. The molecule has 0 saturated heterocycles. The highest BCUT2D eigenvalue weighted by atomic mass is 35.5. The molecule has 3 rings (SSSR count). The van der Waals surface area contributed by atoms with Gasteiger partial charge in [-0.1, -0.05) is 23.7 Å². The molecule has 2 aromatic carbocycles. The zero-order chi connectivity index (χ0) is 19.1. The van der Waals surface area contributed by atoms with Gasteiger partial charge in [-0.25, -0.2) is 4.79 Å². The molecule has 0 unspecified atom stereocenters. The summed E-state index contributed by atoms with van der Waals surface area (Å²) < 4.78 is 37.8. The molecule has 0 aliphatic rings. The molecule has 1 heterocycles. The number of fused-ring (bicyclic) bond motifs is 1. The maximum atomic E-state index is 12.6. The lowest BCUT2D eigenvalue weighted by molar-refractivity contribution is -0.137. The molecule has 0 aliphatic carbocycles. The highest BCUT2D eigenvalue weighted by Gasteiger charge is 2.30. The molecule has 26 heavy (non-hydrogen) atoms. The van der Waals surface area contributed by atoms with Gasteiger partial charge in [0.15, 0.2) is 0 Å². The quantitative estimate of drug-likeness (QED) is 0.638. The Kier molecular flexibility index (Phi) is 4.53. The van der Waals surface area contributed by atoms with E-state index in [0.717, 1.165) is 12.1 Å². The minimum absolute atomic E-state index is 0.202. The van der Waals surface area contributed by atoms with Crippen molar-refractivity contribution in [2.24, 2.45) is 0 Å². The minimum Gasteiger partial charge on any atom is -0.346 e. The predicted octanol–water partition coefficient (Wildman–Crippen LogP) is 4.02. The number of alkyl halides is 3. The third kappa shape index (κ3) is 3.60. The van der Waals surface area contributed by atoms with Crippen LogP contribution >= 0.6 is 11.6 Å². The van der Waals surface area contributed by atoms with E-state index >= 15 is 0 Å². The number of imidazole rings is 1. The Labute approximate surface area is 150 Å². The maximum Gasteiger partial charge on any atom is 0.416 e. The van der Waals surface area contributed by atoms with E-state index in [1.807, 2.05) is 0 Å². The van der Waals surface area contributed by atoms with Crippen LogP contribution in [0, 0.1) is 0 Å². The average Bonchev–Trinajstić information content (AvgIpc) is 2.95. The van der Waals surface area contributed by atoms with E-state index < -0.39 is 29.4 Å². The Balaban J connectivity index is 1.80. The van der Waals surface area contributed by atoms with Crippen molar-refractivity contribution in [3.8, 4) is 0 Å². The van der Waals surface area contributed by atoms with Crippen LogP contribution in [0.3, 0.4) is 0 Å². The number of nitrogens with one attached hydrogen (secondary N) is 3. The second kappa shape index (κ2) is 6.53. The highest BCUT2D eigenvalue weighted by molar-refractivity contribution is 6.35. The molecule has 1 amide bonds. The summed E-state index contributed by atoms with van der Waals surface area (Å²) in [6, 6.07) is 6.90. The number of benzene rings is 2. The molecule has 5 nitrogen and oxygen atoms in total. The van der Waals surface area contributed by atoms with Crippen molar-refractivity contribution < 1.29 is 18.0 Å². The topological polar surface area (TPSA) is 77.8 Å². The summed E-state index contributed by atoms with van der Waals surface area (Å²) in [5, 5.41) is 2.89. The van der Waals surface area contributed by atoms with Crippen LogP contribution < -0.4 is 11.0 Å². The van der Waals surface area contributed by atoms with Crippen molar-refractivity contribution in [3.63, 3.8) is 0 Å². The van der Waals surface area contributed by atoms with Crippen molar-refractivity contribution in [1.82, 2.24) is 15.3 Å². The van der Waals surface area contributed by atoms with Gasteiger partial charge in [0.1, 0.15) is 0 Å². The Morgan fingerprint density at radius 1 is 1.15 bits per heavy atom. The summed E-state index contributed by atoms with van der Waals surface area (Å²) in [5.74, 6) is -0.469. The summed E-state index contributed by atoms with van der Waals surface area (Å²) in [5.41, 5.74) is 0.315. The summed E-state index contributed by atoms with van der Waals surface area (Å²) in [7, 11) is 0. The molecule has 0 fully saturated rings. The van der Waals surface area contributed by atoms with E-state index in [0.29, 0.717) is 16.6 Å². The van der Waals surface area contributed by atoms with Crippen LogP contribution in [0.1, 0.15) is 34.5 Å². The van der Waals surface area contributed by atoms with Crippen LogP contribution in [0.15, 0.2) is 41.2 Å². The van der Waals surface area contributed by atoms with Crippen LogP contribution in [0.2, 0.25) is 5.02 Å². The fourth-order valence-corrected chi connectivity index (χ4v) is 2.82. The molecule has 1 aromatic heterocycles. The van der Waals surface area contributed by atoms with Crippen molar-refractivity contribution >= 4 is 28.5 Å². The maximum absolute atomic E-state index is 12.6. The van der Waals surface area contributed by atoms with Gasteiger partial charge in [-0.2, -0.15) is 13.2 Å². The lowest BCUT2D eigenvalue weighted by Gasteiger charge is -2.16. The number of H-pyrrole nitrogens is 2. The molecule has 3 N–H and O–H groups in total. The zero-order valence-corrected chi connectivity index (χ0v) is 14.1. The number of halogens is 4. The number of amides is 1. The average molecular weight is 384 g/mol. The summed E-state index contributed by atoms with van der Waals surface area (Å²) in [6.07, 6.45) is -4.41. The molecule has 0 spiro atoms. The fraction of sp³-hybridized carbons (Fsp3) is 0.176. The van der Waals surface area contributed by atoms with Gasteiger partial charge in [0.2, 0.25) is 0 Å². The van der Waals surface area contributed by atoms with Gasteiger partial charge in [0, 0.05) is 5.56 Å². The number of rotatable bonds is 3. The fourth-order valence-electron chi connectivity index (χ4n) is 2.55. The first-order chi connectivity index (χ1) is 12.1. The van der Waals surface area contributed by atoms with Gasteiger partial charge in [-0.15, -0.1) is 0 Å².